The minimum atomic E-state index is -0.195. The Bertz CT molecular complexity index is 377. The molecule has 0 bridgehead atoms. The summed E-state index contributed by atoms with van der Waals surface area (Å²) in [5.74, 6) is -0.133. The lowest BCUT2D eigenvalue weighted by Crippen LogP contribution is -2.23. The second-order valence-electron chi connectivity index (χ2n) is 3.00. The molecule has 0 radical (unpaired) electrons. The number of carbonyl (C=O) groups excluding carboxylic acids is 1. The zero-order valence-corrected chi connectivity index (χ0v) is 9.75. The van der Waals surface area contributed by atoms with Crippen molar-refractivity contribution in [2.45, 2.75) is 6.42 Å². The zero-order valence-electron chi connectivity index (χ0n) is 8.16. The molecule has 0 spiro atoms. The van der Waals surface area contributed by atoms with Crippen molar-refractivity contribution < 1.29 is 9.90 Å². The summed E-state index contributed by atoms with van der Waals surface area (Å²) in [5.41, 5.74) is 0.444. The summed E-state index contributed by atoms with van der Waals surface area (Å²) in [6.45, 7) is 4.11. The van der Waals surface area contributed by atoms with E-state index in [0.29, 0.717) is 16.6 Å². The monoisotopic (exact) mass is 269 g/mol. The first kappa shape index (κ1) is 11.8. The Morgan fingerprint density at radius 1 is 1.60 bits per heavy atom. The second kappa shape index (κ2) is 5.56. The SMILES string of the molecule is C=CCCNC(=O)c1ccc(Br)c(O)c1. The van der Waals surface area contributed by atoms with Crippen molar-refractivity contribution in [2.24, 2.45) is 0 Å². The fraction of sp³-hybridized carbons (Fsp3) is 0.182. The van der Waals surface area contributed by atoms with Crippen molar-refractivity contribution in [3.05, 3.63) is 40.9 Å². The van der Waals surface area contributed by atoms with E-state index in [1.807, 2.05) is 0 Å². The predicted molar refractivity (Wildman–Crippen MR) is 63.0 cm³/mol. The van der Waals surface area contributed by atoms with Crippen LogP contribution >= 0.6 is 15.9 Å². The number of benzene rings is 1. The number of carbonyl (C=O) groups is 1. The third-order valence-electron chi connectivity index (χ3n) is 1.84. The lowest BCUT2D eigenvalue weighted by molar-refractivity contribution is 0.0954. The number of aromatic hydroxyl groups is 1. The van der Waals surface area contributed by atoms with Crippen LogP contribution in [0.15, 0.2) is 35.3 Å². The maximum absolute atomic E-state index is 11.5. The van der Waals surface area contributed by atoms with Gasteiger partial charge < -0.3 is 10.4 Å². The van der Waals surface area contributed by atoms with Gasteiger partial charge in [0, 0.05) is 12.1 Å². The average molecular weight is 270 g/mol. The largest absolute Gasteiger partial charge is 0.507 e. The molecule has 0 aliphatic heterocycles. The summed E-state index contributed by atoms with van der Waals surface area (Å²) >= 11 is 3.15. The molecule has 0 saturated carbocycles. The third-order valence-corrected chi connectivity index (χ3v) is 2.51. The van der Waals surface area contributed by atoms with Gasteiger partial charge in [0.2, 0.25) is 0 Å². The number of phenols is 1. The molecule has 0 heterocycles. The molecule has 0 saturated heterocycles. The number of amides is 1. The normalized spacial score (nSPS) is 9.67. The van der Waals surface area contributed by atoms with Gasteiger partial charge in [-0.1, -0.05) is 6.08 Å². The molecule has 0 fully saturated rings. The summed E-state index contributed by atoms with van der Waals surface area (Å²) in [5, 5.41) is 12.1. The van der Waals surface area contributed by atoms with E-state index in [1.54, 1.807) is 18.2 Å². The summed E-state index contributed by atoms with van der Waals surface area (Å²) < 4.78 is 0.574. The highest BCUT2D eigenvalue weighted by molar-refractivity contribution is 9.10. The van der Waals surface area contributed by atoms with Gasteiger partial charge in [-0.05, 0) is 40.5 Å². The highest BCUT2D eigenvalue weighted by atomic mass is 79.9. The highest BCUT2D eigenvalue weighted by Gasteiger charge is 2.06. The Kier molecular flexibility index (Phi) is 4.37. The number of rotatable bonds is 4. The smallest absolute Gasteiger partial charge is 0.251 e. The van der Waals surface area contributed by atoms with Gasteiger partial charge in [-0.2, -0.15) is 0 Å². The Morgan fingerprint density at radius 2 is 2.33 bits per heavy atom. The zero-order chi connectivity index (χ0) is 11.3. The molecule has 80 valence electrons. The van der Waals surface area contributed by atoms with E-state index in [0.717, 1.165) is 6.42 Å². The summed E-state index contributed by atoms with van der Waals surface area (Å²) in [4.78, 5) is 11.5. The third kappa shape index (κ3) is 3.40. The van der Waals surface area contributed by atoms with Crippen LogP contribution in [0.25, 0.3) is 0 Å². The summed E-state index contributed by atoms with van der Waals surface area (Å²) in [6.07, 6.45) is 2.47. The van der Waals surface area contributed by atoms with E-state index >= 15 is 0 Å². The minimum absolute atomic E-state index is 0.0615. The van der Waals surface area contributed by atoms with Gasteiger partial charge in [0.15, 0.2) is 0 Å². The molecule has 0 atom stereocenters. The van der Waals surface area contributed by atoms with Gasteiger partial charge in [-0.15, -0.1) is 6.58 Å². The van der Waals surface area contributed by atoms with Gasteiger partial charge in [0.05, 0.1) is 4.47 Å². The van der Waals surface area contributed by atoms with E-state index < -0.39 is 0 Å². The fourth-order valence-corrected chi connectivity index (χ4v) is 1.29. The van der Waals surface area contributed by atoms with Crippen LogP contribution in [-0.4, -0.2) is 17.6 Å². The van der Waals surface area contributed by atoms with Crippen LogP contribution in [0.1, 0.15) is 16.8 Å². The number of hydrogen-bond acceptors (Lipinski definition) is 2. The molecule has 3 nitrogen and oxygen atoms in total. The standard InChI is InChI=1S/C11H12BrNO2/c1-2-3-6-13-11(15)8-4-5-9(12)10(14)7-8/h2,4-5,7,14H,1,3,6H2,(H,13,15). The average Bonchev–Trinajstić information content (AvgIpc) is 2.22. The van der Waals surface area contributed by atoms with Crippen molar-refractivity contribution in [1.29, 1.82) is 0 Å². The van der Waals surface area contributed by atoms with E-state index in [1.165, 1.54) is 6.07 Å². The second-order valence-corrected chi connectivity index (χ2v) is 3.85. The molecule has 0 aliphatic rings. The quantitative estimate of drug-likeness (QED) is 0.652. The molecule has 4 heteroatoms. The summed E-state index contributed by atoms with van der Waals surface area (Å²) in [6, 6.07) is 4.71. The van der Waals surface area contributed by atoms with E-state index in [2.05, 4.69) is 27.8 Å². The Morgan fingerprint density at radius 3 is 2.93 bits per heavy atom. The molecule has 1 aromatic carbocycles. The first-order valence-electron chi connectivity index (χ1n) is 4.52. The van der Waals surface area contributed by atoms with Crippen molar-refractivity contribution in [2.75, 3.05) is 6.54 Å². The molecule has 15 heavy (non-hydrogen) atoms. The number of phenolic OH excluding ortho intramolecular Hbond substituents is 1. The maximum atomic E-state index is 11.5. The van der Waals surface area contributed by atoms with Crippen molar-refractivity contribution in [3.8, 4) is 5.75 Å². The number of halogens is 1. The van der Waals surface area contributed by atoms with Gasteiger partial charge in [-0.25, -0.2) is 0 Å². The number of hydrogen-bond donors (Lipinski definition) is 2. The van der Waals surface area contributed by atoms with Crippen LogP contribution in [0.5, 0.6) is 5.75 Å². The highest BCUT2D eigenvalue weighted by Crippen LogP contribution is 2.24. The van der Waals surface area contributed by atoms with Crippen molar-refractivity contribution in [3.63, 3.8) is 0 Å². The molecule has 0 aliphatic carbocycles. The van der Waals surface area contributed by atoms with Crippen molar-refractivity contribution in [1.82, 2.24) is 5.32 Å². The molecule has 1 rings (SSSR count). The molecule has 1 aromatic rings. The Balaban J connectivity index is 2.65. The summed E-state index contributed by atoms with van der Waals surface area (Å²) in [7, 11) is 0. The van der Waals surface area contributed by atoms with E-state index in [-0.39, 0.29) is 11.7 Å². The molecular formula is C11H12BrNO2. The van der Waals surface area contributed by atoms with Crippen molar-refractivity contribution >= 4 is 21.8 Å². The molecule has 0 aromatic heterocycles. The topological polar surface area (TPSA) is 49.3 Å². The van der Waals surface area contributed by atoms with Crippen LogP contribution < -0.4 is 5.32 Å². The fourth-order valence-electron chi connectivity index (χ4n) is 1.04. The minimum Gasteiger partial charge on any atom is -0.507 e. The molecule has 0 unspecified atom stereocenters. The van der Waals surface area contributed by atoms with Gasteiger partial charge in [0.25, 0.3) is 5.91 Å². The Hall–Kier alpha value is -1.29. The predicted octanol–water partition coefficient (Wildman–Crippen LogP) is 2.46. The lowest BCUT2D eigenvalue weighted by atomic mass is 10.2. The van der Waals surface area contributed by atoms with Crippen LogP contribution in [0, 0.1) is 0 Å². The van der Waals surface area contributed by atoms with Crippen LogP contribution in [0.3, 0.4) is 0 Å². The first-order chi connectivity index (χ1) is 7.15. The van der Waals surface area contributed by atoms with Crippen LogP contribution in [-0.2, 0) is 0 Å². The van der Waals surface area contributed by atoms with E-state index in [9.17, 15) is 9.90 Å². The Labute approximate surface area is 96.9 Å². The molecule has 1 amide bonds. The maximum Gasteiger partial charge on any atom is 0.251 e. The van der Waals surface area contributed by atoms with Gasteiger partial charge >= 0.3 is 0 Å². The molecule has 2 N–H and O–H groups in total. The van der Waals surface area contributed by atoms with E-state index in [4.69, 9.17) is 0 Å². The van der Waals surface area contributed by atoms with Gasteiger partial charge in [0.1, 0.15) is 5.75 Å². The van der Waals surface area contributed by atoms with Crippen LogP contribution in [0.2, 0.25) is 0 Å². The molecular weight excluding hydrogens is 258 g/mol. The van der Waals surface area contributed by atoms with Crippen LogP contribution in [0.4, 0.5) is 0 Å². The lowest BCUT2D eigenvalue weighted by Gasteiger charge is -2.04. The van der Waals surface area contributed by atoms with Gasteiger partial charge in [-0.3, -0.25) is 4.79 Å². The first-order valence-corrected chi connectivity index (χ1v) is 5.32. The number of nitrogens with one attached hydrogen (secondary N) is 1.